The summed E-state index contributed by atoms with van der Waals surface area (Å²) >= 11 is 5.82. The molecule has 0 aliphatic heterocycles. The van der Waals surface area contributed by atoms with E-state index in [-0.39, 0.29) is 38.6 Å². The van der Waals surface area contributed by atoms with Crippen LogP contribution < -0.4 is 4.74 Å². The number of nitrogens with zero attached hydrogens (tertiary/aromatic N) is 1. The van der Waals surface area contributed by atoms with Gasteiger partial charge in [-0.1, -0.05) is 17.7 Å². The zero-order valence-corrected chi connectivity index (χ0v) is 12.5. The molecule has 0 spiro atoms. The molecule has 0 heterocycles. The number of amides is 1. The number of hydrogen-bond acceptors (Lipinski definition) is 4. The fourth-order valence-corrected chi connectivity index (χ4v) is 1.81. The molecule has 0 bridgehead atoms. The average molecular weight is 316 g/mol. The monoisotopic (exact) mass is 315 g/mol. The summed E-state index contributed by atoms with van der Waals surface area (Å²) in [7, 11) is 1.49. The Labute approximate surface area is 128 Å². The van der Waals surface area contributed by atoms with Gasteiger partial charge in [0.05, 0.1) is 19.6 Å². The largest absolute Gasteiger partial charge is 0.493 e. The summed E-state index contributed by atoms with van der Waals surface area (Å²) < 4.78 is 10.3. The van der Waals surface area contributed by atoms with Crippen LogP contribution in [-0.4, -0.2) is 55.3 Å². The van der Waals surface area contributed by atoms with E-state index in [2.05, 4.69) is 0 Å². The minimum absolute atomic E-state index is 0.0868. The first-order chi connectivity index (χ1) is 10.0. The summed E-state index contributed by atoms with van der Waals surface area (Å²) in [6.45, 7) is 0.328. The molecule has 0 saturated heterocycles. The van der Waals surface area contributed by atoms with Crippen molar-refractivity contribution >= 4 is 23.5 Å². The number of halogens is 1. The zero-order chi connectivity index (χ0) is 15.7. The molecule has 1 N–H and O–H groups in total. The van der Waals surface area contributed by atoms with Crippen molar-refractivity contribution in [3.8, 4) is 5.75 Å². The Morgan fingerprint density at radius 2 is 2.10 bits per heavy atom. The van der Waals surface area contributed by atoms with Gasteiger partial charge in [-0.2, -0.15) is 0 Å². The van der Waals surface area contributed by atoms with Crippen LogP contribution in [0.15, 0.2) is 24.3 Å². The van der Waals surface area contributed by atoms with E-state index in [9.17, 15) is 9.59 Å². The predicted molar refractivity (Wildman–Crippen MR) is 77.7 cm³/mol. The van der Waals surface area contributed by atoms with Crippen LogP contribution >= 0.6 is 11.6 Å². The molecule has 1 aromatic rings. The molecule has 21 heavy (non-hydrogen) atoms. The highest BCUT2D eigenvalue weighted by molar-refractivity contribution is 6.30. The summed E-state index contributed by atoms with van der Waals surface area (Å²) in [5, 5.41) is 9.33. The summed E-state index contributed by atoms with van der Waals surface area (Å²) in [6.07, 6.45) is 0.0868. The second kappa shape index (κ2) is 9.20. The quantitative estimate of drug-likeness (QED) is 0.750. The summed E-state index contributed by atoms with van der Waals surface area (Å²) in [4.78, 5) is 23.9. The van der Waals surface area contributed by atoms with Gasteiger partial charge in [0.1, 0.15) is 12.3 Å². The van der Waals surface area contributed by atoms with Gasteiger partial charge in [0.15, 0.2) is 0 Å². The smallest absolute Gasteiger partial charge is 0.323 e. The Bertz CT molecular complexity index is 480. The molecule has 0 aliphatic carbocycles. The third kappa shape index (κ3) is 6.97. The van der Waals surface area contributed by atoms with E-state index < -0.39 is 5.97 Å². The summed E-state index contributed by atoms with van der Waals surface area (Å²) in [5.41, 5.74) is 0. The summed E-state index contributed by atoms with van der Waals surface area (Å²) in [6, 6.07) is 6.84. The van der Waals surface area contributed by atoms with Gasteiger partial charge in [0.2, 0.25) is 5.91 Å². The molecular weight excluding hydrogens is 298 g/mol. The maximum atomic E-state index is 11.9. The molecule has 6 nitrogen and oxygen atoms in total. The number of methoxy groups -OCH3 is 1. The van der Waals surface area contributed by atoms with Crippen LogP contribution in [-0.2, 0) is 14.3 Å². The second-order valence-electron chi connectivity index (χ2n) is 4.26. The van der Waals surface area contributed by atoms with Crippen LogP contribution in [0.4, 0.5) is 0 Å². The first-order valence-corrected chi connectivity index (χ1v) is 6.77. The van der Waals surface area contributed by atoms with E-state index in [1.165, 1.54) is 12.0 Å². The lowest BCUT2D eigenvalue weighted by Gasteiger charge is -2.20. The average Bonchev–Trinajstić information content (AvgIpc) is 2.43. The third-order valence-corrected chi connectivity index (χ3v) is 2.86. The zero-order valence-electron chi connectivity index (χ0n) is 11.8. The third-order valence-electron chi connectivity index (χ3n) is 2.62. The summed E-state index contributed by atoms with van der Waals surface area (Å²) in [5.74, 6) is -0.788. The molecular formula is C14H18ClNO5. The molecule has 0 atom stereocenters. The number of benzene rings is 1. The van der Waals surface area contributed by atoms with Gasteiger partial charge >= 0.3 is 5.97 Å². The van der Waals surface area contributed by atoms with Crippen molar-refractivity contribution in [1.29, 1.82) is 0 Å². The van der Waals surface area contributed by atoms with Gasteiger partial charge in [-0.25, -0.2) is 0 Å². The number of carbonyl (C=O) groups is 2. The number of rotatable bonds is 9. The molecule has 1 rings (SSSR count). The van der Waals surface area contributed by atoms with Crippen LogP contribution in [0.2, 0.25) is 5.02 Å². The fourth-order valence-electron chi connectivity index (χ4n) is 1.63. The van der Waals surface area contributed by atoms with E-state index in [1.54, 1.807) is 24.3 Å². The highest BCUT2D eigenvalue weighted by Gasteiger charge is 2.16. The normalized spacial score (nSPS) is 10.2. The van der Waals surface area contributed by atoms with Crippen LogP contribution in [0.1, 0.15) is 6.42 Å². The van der Waals surface area contributed by atoms with Crippen molar-refractivity contribution in [2.24, 2.45) is 0 Å². The van der Waals surface area contributed by atoms with E-state index >= 15 is 0 Å². The first kappa shape index (κ1) is 17.3. The Morgan fingerprint density at radius 3 is 2.71 bits per heavy atom. The van der Waals surface area contributed by atoms with Crippen LogP contribution in [0.25, 0.3) is 0 Å². The van der Waals surface area contributed by atoms with Crippen molar-refractivity contribution in [2.75, 3.05) is 33.4 Å². The van der Waals surface area contributed by atoms with E-state index in [0.717, 1.165) is 0 Å². The Balaban J connectivity index is 2.43. The van der Waals surface area contributed by atoms with Crippen LogP contribution in [0, 0.1) is 0 Å². The van der Waals surface area contributed by atoms with Crippen molar-refractivity contribution in [2.45, 2.75) is 6.42 Å². The van der Waals surface area contributed by atoms with Crippen LogP contribution in [0.5, 0.6) is 5.75 Å². The van der Waals surface area contributed by atoms with Gasteiger partial charge in [-0.3, -0.25) is 9.59 Å². The molecule has 116 valence electrons. The van der Waals surface area contributed by atoms with Crippen LogP contribution in [0.3, 0.4) is 0 Å². The molecule has 0 aliphatic rings. The van der Waals surface area contributed by atoms with Crippen molar-refractivity contribution in [3.05, 3.63) is 29.3 Å². The highest BCUT2D eigenvalue weighted by Crippen LogP contribution is 2.17. The number of carboxylic acid groups (broad SMARTS) is 1. The lowest BCUT2D eigenvalue weighted by molar-refractivity contribution is -0.145. The molecule has 0 fully saturated rings. The minimum Gasteiger partial charge on any atom is -0.493 e. The molecule has 0 saturated carbocycles. The SMILES string of the molecule is COCCN(CC(=O)O)C(=O)CCOc1cccc(Cl)c1. The lowest BCUT2D eigenvalue weighted by atomic mass is 10.3. The Morgan fingerprint density at radius 1 is 1.33 bits per heavy atom. The topological polar surface area (TPSA) is 76.1 Å². The second-order valence-corrected chi connectivity index (χ2v) is 4.69. The molecule has 1 aromatic carbocycles. The molecule has 0 aromatic heterocycles. The van der Waals surface area contributed by atoms with E-state index in [0.29, 0.717) is 10.8 Å². The number of hydrogen-bond donors (Lipinski definition) is 1. The van der Waals surface area contributed by atoms with Crippen molar-refractivity contribution < 1.29 is 24.2 Å². The standard InChI is InChI=1S/C14H18ClNO5/c1-20-8-6-16(10-14(18)19)13(17)5-7-21-12-4-2-3-11(15)9-12/h2-4,9H,5-8,10H2,1H3,(H,18,19). The van der Waals surface area contributed by atoms with Crippen molar-refractivity contribution in [3.63, 3.8) is 0 Å². The lowest BCUT2D eigenvalue weighted by Crippen LogP contribution is -2.38. The Kier molecular flexibility index (Phi) is 7.56. The number of ether oxygens (including phenoxy) is 2. The maximum absolute atomic E-state index is 11.9. The minimum atomic E-state index is -1.06. The number of aliphatic carboxylic acids is 1. The maximum Gasteiger partial charge on any atom is 0.323 e. The van der Waals surface area contributed by atoms with Gasteiger partial charge < -0.3 is 19.5 Å². The predicted octanol–water partition coefficient (Wildman–Crippen LogP) is 1.67. The molecule has 1 amide bonds. The van der Waals surface area contributed by atoms with Gasteiger partial charge in [0.25, 0.3) is 0 Å². The number of carbonyl (C=O) groups excluding carboxylic acids is 1. The molecule has 0 radical (unpaired) electrons. The van der Waals surface area contributed by atoms with Crippen molar-refractivity contribution in [1.82, 2.24) is 4.90 Å². The Hall–Kier alpha value is -1.79. The van der Waals surface area contributed by atoms with Gasteiger partial charge in [0, 0.05) is 18.7 Å². The van der Waals surface area contributed by atoms with Gasteiger partial charge in [-0.15, -0.1) is 0 Å². The molecule has 0 unspecified atom stereocenters. The van der Waals surface area contributed by atoms with E-state index in [1.807, 2.05) is 0 Å². The first-order valence-electron chi connectivity index (χ1n) is 6.40. The fraction of sp³-hybridized carbons (Fsp3) is 0.429. The van der Waals surface area contributed by atoms with E-state index in [4.69, 9.17) is 26.2 Å². The van der Waals surface area contributed by atoms with Gasteiger partial charge in [-0.05, 0) is 18.2 Å². The number of carboxylic acids is 1. The highest BCUT2D eigenvalue weighted by atomic mass is 35.5. The molecule has 7 heteroatoms.